The van der Waals surface area contributed by atoms with E-state index in [1.54, 1.807) is 0 Å². The van der Waals surface area contributed by atoms with E-state index in [9.17, 15) is 4.79 Å². The molecule has 1 aromatic heterocycles. The van der Waals surface area contributed by atoms with Crippen LogP contribution in [0.15, 0.2) is 11.2 Å². The third-order valence-corrected chi connectivity index (χ3v) is 3.61. The number of carbonyl (C=O) groups excluding carboxylic acids is 1. The zero-order valence-electron chi connectivity index (χ0n) is 11.9. The van der Waals surface area contributed by atoms with E-state index in [0.29, 0.717) is 13.0 Å². The number of nitrogens with one attached hydrogen (secondary N) is 3. The van der Waals surface area contributed by atoms with Crippen LogP contribution in [0.5, 0.6) is 0 Å². The summed E-state index contributed by atoms with van der Waals surface area (Å²) in [6.07, 6.45) is 4.42. The lowest BCUT2D eigenvalue weighted by Gasteiger charge is -2.24. The van der Waals surface area contributed by atoms with Crippen molar-refractivity contribution in [3.8, 4) is 0 Å². The van der Waals surface area contributed by atoms with Crippen molar-refractivity contribution in [2.75, 3.05) is 30.0 Å². The summed E-state index contributed by atoms with van der Waals surface area (Å²) in [5, 5.41) is 10.3. The van der Waals surface area contributed by atoms with Gasteiger partial charge in [-0.25, -0.2) is 9.97 Å². The van der Waals surface area contributed by atoms with E-state index in [0.717, 1.165) is 36.2 Å². The molecule has 1 amide bonds. The van der Waals surface area contributed by atoms with Crippen LogP contribution in [0.25, 0.3) is 0 Å². The first kappa shape index (κ1) is 14.9. The zero-order chi connectivity index (χ0) is 14.4. The SMILES string of the molecule is CCCNc1cc(NC2CCC(=O)NC2)nc(SC)n1. The number of hydrogen-bond acceptors (Lipinski definition) is 6. The van der Waals surface area contributed by atoms with Gasteiger partial charge in [0.25, 0.3) is 0 Å². The number of hydrogen-bond donors (Lipinski definition) is 3. The smallest absolute Gasteiger partial charge is 0.220 e. The number of piperidine rings is 1. The average Bonchev–Trinajstić information content (AvgIpc) is 2.47. The van der Waals surface area contributed by atoms with Gasteiger partial charge < -0.3 is 16.0 Å². The fourth-order valence-electron chi connectivity index (χ4n) is 2.00. The van der Waals surface area contributed by atoms with E-state index < -0.39 is 0 Å². The molecule has 1 saturated heterocycles. The highest BCUT2D eigenvalue weighted by molar-refractivity contribution is 7.98. The van der Waals surface area contributed by atoms with Gasteiger partial charge in [0, 0.05) is 31.6 Å². The van der Waals surface area contributed by atoms with Gasteiger partial charge >= 0.3 is 0 Å². The van der Waals surface area contributed by atoms with Crippen molar-refractivity contribution in [2.24, 2.45) is 0 Å². The molecular formula is C13H21N5OS. The van der Waals surface area contributed by atoms with E-state index in [-0.39, 0.29) is 11.9 Å². The van der Waals surface area contributed by atoms with Crippen LogP contribution < -0.4 is 16.0 Å². The van der Waals surface area contributed by atoms with E-state index in [2.05, 4.69) is 32.8 Å². The minimum Gasteiger partial charge on any atom is -0.370 e. The summed E-state index contributed by atoms with van der Waals surface area (Å²) in [6, 6.07) is 2.16. The van der Waals surface area contributed by atoms with E-state index in [1.165, 1.54) is 11.8 Å². The van der Waals surface area contributed by atoms with Crippen molar-refractivity contribution >= 4 is 29.3 Å². The summed E-state index contributed by atoms with van der Waals surface area (Å²) >= 11 is 1.52. The van der Waals surface area contributed by atoms with Gasteiger partial charge in [0.05, 0.1) is 0 Å². The van der Waals surface area contributed by atoms with Crippen molar-refractivity contribution in [1.29, 1.82) is 0 Å². The molecule has 2 heterocycles. The number of nitrogens with zero attached hydrogens (tertiary/aromatic N) is 2. The fraction of sp³-hybridized carbons (Fsp3) is 0.615. The van der Waals surface area contributed by atoms with Crippen molar-refractivity contribution in [2.45, 2.75) is 37.4 Å². The molecule has 110 valence electrons. The van der Waals surface area contributed by atoms with Crippen molar-refractivity contribution in [1.82, 2.24) is 15.3 Å². The highest BCUT2D eigenvalue weighted by Gasteiger charge is 2.18. The molecule has 1 atom stereocenters. The summed E-state index contributed by atoms with van der Waals surface area (Å²) in [5.41, 5.74) is 0. The Morgan fingerprint density at radius 3 is 2.90 bits per heavy atom. The molecule has 6 nitrogen and oxygen atoms in total. The second kappa shape index (κ2) is 7.33. The van der Waals surface area contributed by atoms with Gasteiger partial charge in [-0.3, -0.25) is 4.79 Å². The summed E-state index contributed by atoms with van der Waals surface area (Å²) in [5.74, 6) is 1.78. The molecule has 20 heavy (non-hydrogen) atoms. The Balaban J connectivity index is 2.03. The maximum Gasteiger partial charge on any atom is 0.220 e. The molecule has 1 aliphatic rings. The zero-order valence-corrected chi connectivity index (χ0v) is 12.7. The molecule has 1 aromatic rings. The van der Waals surface area contributed by atoms with Crippen LogP contribution in [-0.2, 0) is 4.79 Å². The van der Waals surface area contributed by atoms with Gasteiger partial charge in [-0.05, 0) is 19.1 Å². The standard InChI is InChI=1S/C13H21N5OS/c1-3-6-14-10-7-11(18-13(17-10)20-2)16-9-4-5-12(19)15-8-9/h7,9H,3-6,8H2,1-2H3,(H,15,19)(H2,14,16,17,18). The minimum atomic E-state index is 0.126. The molecule has 1 aliphatic heterocycles. The molecule has 0 bridgehead atoms. The van der Waals surface area contributed by atoms with Crippen LogP contribution in [0, 0.1) is 0 Å². The monoisotopic (exact) mass is 295 g/mol. The number of rotatable bonds is 6. The summed E-state index contributed by atoms with van der Waals surface area (Å²) < 4.78 is 0. The van der Waals surface area contributed by atoms with Gasteiger partial charge in [0.1, 0.15) is 11.6 Å². The maximum atomic E-state index is 11.2. The van der Waals surface area contributed by atoms with Crippen LogP contribution >= 0.6 is 11.8 Å². The molecule has 2 rings (SSSR count). The van der Waals surface area contributed by atoms with Crippen molar-refractivity contribution in [3.63, 3.8) is 0 Å². The Morgan fingerprint density at radius 2 is 2.25 bits per heavy atom. The molecular weight excluding hydrogens is 274 g/mol. The average molecular weight is 295 g/mol. The number of carbonyl (C=O) groups is 1. The Hall–Kier alpha value is -1.50. The quantitative estimate of drug-likeness (QED) is 0.548. The Kier molecular flexibility index (Phi) is 5.46. The third-order valence-electron chi connectivity index (χ3n) is 3.06. The van der Waals surface area contributed by atoms with Gasteiger partial charge in [0.15, 0.2) is 5.16 Å². The predicted molar refractivity (Wildman–Crippen MR) is 82.2 cm³/mol. The highest BCUT2D eigenvalue weighted by Crippen LogP contribution is 2.19. The number of amides is 1. The van der Waals surface area contributed by atoms with Gasteiger partial charge in [-0.1, -0.05) is 18.7 Å². The Morgan fingerprint density at radius 1 is 1.45 bits per heavy atom. The van der Waals surface area contributed by atoms with E-state index >= 15 is 0 Å². The number of thioether (sulfide) groups is 1. The maximum absolute atomic E-state index is 11.2. The van der Waals surface area contributed by atoms with Crippen molar-refractivity contribution < 1.29 is 4.79 Å². The Bertz CT molecular complexity index is 458. The van der Waals surface area contributed by atoms with E-state index in [4.69, 9.17) is 0 Å². The second-order valence-electron chi connectivity index (χ2n) is 4.74. The van der Waals surface area contributed by atoms with E-state index in [1.807, 2.05) is 12.3 Å². The van der Waals surface area contributed by atoms with Gasteiger partial charge in [-0.15, -0.1) is 0 Å². The molecule has 1 unspecified atom stereocenters. The van der Waals surface area contributed by atoms with Crippen LogP contribution in [0.2, 0.25) is 0 Å². The summed E-state index contributed by atoms with van der Waals surface area (Å²) in [4.78, 5) is 20.0. The van der Waals surface area contributed by atoms with Crippen LogP contribution in [0.1, 0.15) is 26.2 Å². The molecule has 0 saturated carbocycles. The molecule has 0 radical (unpaired) electrons. The second-order valence-corrected chi connectivity index (χ2v) is 5.51. The van der Waals surface area contributed by atoms with Crippen LogP contribution in [0.3, 0.4) is 0 Å². The van der Waals surface area contributed by atoms with Crippen LogP contribution in [-0.4, -0.2) is 41.3 Å². The largest absolute Gasteiger partial charge is 0.370 e. The molecule has 0 spiro atoms. The number of aromatic nitrogens is 2. The lowest BCUT2D eigenvalue weighted by Crippen LogP contribution is -2.42. The highest BCUT2D eigenvalue weighted by atomic mass is 32.2. The molecule has 1 fully saturated rings. The lowest BCUT2D eigenvalue weighted by atomic mass is 10.1. The molecule has 0 aromatic carbocycles. The first-order valence-corrected chi connectivity index (χ1v) is 8.14. The van der Waals surface area contributed by atoms with Gasteiger partial charge in [-0.2, -0.15) is 0 Å². The summed E-state index contributed by atoms with van der Waals surface area (Å²) in [7, 11) is 0. The molecule has 0 aliphatic carbocycles. The summed E-state index contributed by atoms with van der Waals surface area (Å²) in [6.45, 7) is 3.66. The van der Waals surface area contributed by atoms with Gasteiger partial charge in [0.2, 0.25) is 5.91 Å². The first-order chi connectivity index (χ1) is 9.71. The molecule has 7 heteroatoms. The topological polar surface area (TPSA) is 78.9 Å². The minimum absolute atomic E-state index is 0.126. The van der Waals surface area contributed by atoms with Crippen molar-refractivity contribution in [3.05, 3.63) is 6.07 Å². The first-order valence-electron chi connectivity index (χ1n) is 6.91. The third kappa shape index (κ3) is 4.26. The predicted octanol–water partition coefficient (Wildman–Crippen LogP) is 1.71. The Labute approximate surface area is 123 Å². The van der Waals surface area contributed by atoms with Crippen LogP contribution in [0.4, 0.5) is 11.6 Å². The fourth-order valence-corrected chi connectivity index (χ4v) is 2.38. The normalized spacial score (nSPS) is 18.5. The lowest BCUT2D eigenvalue weighted by molar-refractivity contribution is -0.122. The molecule has 3 N–H and O–H groups in total. The number of anilines is 2.